The first-order chi connectivity index (χ1) is 9.79. The lowest BCUT2D eigenvalue weighted by molar-refractivity contribution is -0.140. The van der Waals surface area contributed by atoms with Gasteiger partial charge in [-0.2, -0.15) is 13.2 Å². The largest absolute Gasteiger partial charge is 0.419 e. The molecule has 0 bridgehead atoms. The van der Waals surface area contributed by atoms with Gasteiger partial charge in [0, 0.05) is 5.56 Å². The molecule has 0 atom stereocenters. The van der Waals surface area contributed by atoms with Gasteiger partial charge in [-0.3, -0.25) is 4.79 Å². The van der Waals surface area contributed by atoms with Crippen molar-refractivity contribution in [3.63, 3.8) is 0 Å². The molecule has 0 aliphatic rings. The van der Waals surface area contributed by atoms with Crippen molar-refractivity contribution in [1.82, 2.24) is 0 Å². The minimum atomic E-state index is -4.87. The second-order valence-electron chi connectivity index (χ2n) is 4.13. The third-order valence-corrected chi connectivity index (χ3v) is 2.99. The molecule has 2 aromatic carbocycles. The standard InChI is InChI=1S/C14H8ClF4NO/c15-10-3-1-2-4-12(10)20-13(21)8-5-6-11(16)9(7-8)14(17,18)19/h1-7H,(H,20,21). The third kappa shape index (κ3) is 3.52. The van der Waals surface area contributed by atoms with Crippen molar-refractivity contribution in [2.75, 3.05) is 5.32 Å². The lowest BCUT2D eigenvalue weighted by Crippen LogP contribution is -2.15. The van der Waals surface area contributed by atoms with Crippen LogP contribution in [0.25, 0.3) is 0 Å². The second kappa shape index (κ2) is 5.73. The minimum absolute atomic E-state index is 0.240. The predicted octanol–water partition coefficient (Wildman–Crippen LogP) is 4.75. The number of anilines is 1. The van der Waals surface area contributed by atoms with E-state index in [-0.39, 0.29) is 16.3 Å². The van der Waals surface area contributed by atoms with Gasteiger partial charge in [0.25, 0.3) is 5.91 Å². The smallest absolute Gasteiger partial charge is 0.321 e. The number of hydrogen-bond donors (Lipinski definition) is 1. The van der Waals surface area contributed by atoms with Crippen molar-refractivity contribution in [1.29, 1.82) is 0 Å². The van der Waals surface area contributed by atoms with Gasteiger partial charge in [0.1, 0.15) is 5.82 Å². The van der Waals surface area contributed by atoms with Crippen LogP contribution in [0, 0.1) is 5.82 Å². The Bertz CT molecular complexity index is 685. The van der Waals surface area contributed by atoms with E-state index in [1.807, 2.05) is 0 Å². The van der Waals surface area contributed by atoms with Gasteiger partial charge in [-0.15, -0.1) is 0 Å². The molecule has 1 N–H and O–H groups in total. The highest BCUT2D eigenvalue weighted by atomic mass is 35.5. The first-order valence-electron chi connectivity index (χ1n) is 5.71. The van der Waals surface area contributed by atoms with E-state index in [1.165, 1.54) is 12.1 Å². The van der Waals surface area contributed by atoms with Crippen LogP contribution in [0.1, 0.15) is 15.9 Å². The maximum Gasteiger partial charge on any atom is 0.419 e. The molecule has 2 aromatic rings. The van der Waals surface area contributed by atoms with Crippen molar-refractivity contribution < 1.29 is 22.4 Å². The van der Waals surface area contributed by atoms with Gasteiger partial charge < -0.3 is 5.32 Å². The molecular weight excluding hydrogens is 310 g/mol. The summed E-state index contributed by atoms with van der Waals surface area (Å²) in [4.78, 5) is 11.9. The van der Waals surface area contributed by atoms with E-state index in [1.54, 1.807) is 12.1 Å². The van der Waals surface area contributed by atoms with Gasteiger partial charge in [-0.1, -0.05) is 23.7 Å². The van der Waals surface area contributed by atoms with Gasteiger partial charge in [-0.25, -0.2) is 4.39 Å². The molecular formula is C14H8ClF4NO. The molecule has 0 spiro atoms. The number of carbonyl (C=O) groups is 1. The van der Waals surface area contributed by atoms with Crippen molar-refractivity contribution in [2.24, 2.45) is 0 Å². The van der Waals surface area contributed by atoms with E-state index in [2.05, 4.69) is 5.32 Å². The number of hydrogen-bond acceptors (Lipinski definition) is 1. The molecule has 0 saturated heterocycles. The maximum atomic E-state index is 13.1. The van der Waals surface area contributed by atoms with E-state index >= 15 is 0 Å². The fourth-order valence-electron chi connectivity index (χ4n) is 1.64. The molecule has 0 saturated carbocycles. The summed E-state index contributed by atoms with van der Waals surface area (Å²) in [6.45, 7) is 0. The van der Waals surface area contributed by atoms with Crippen LogP contribution < -0.4 is 5.32 Å². The first-order valence-corrected chi connectivity index (χ1v) is 6.09. The van der Waals surface area contributed by atoms with E-state index in [0.29, 0.717) is 12.1 Å². The quantitative estimate of drug-likeness (QED) is 0.796. The van der Waals surface area contributed by atoms with Crippen LogP contribution in [0.3, 0.4) is 0 Å². The molecule has 0 radical (unpaired) electrons. The van der Waals surface area contributed by atoms with Gasteiger partial charge in [-0.05, 0) is 30.3 Å². The van der Waals surface area contributed by atoms with Crippen LogP contribution in [0.5, 0.6) is 0 Å². The molecule has 1 amide bonds. The Hall–Kier alpha value is -2.08. The highest BCUT2D eigenvalue weighted by molar-refractivity contribution is 6.33. The van der Waals surface area contributed by atoms with Crippen LogP contribution in [0.4, 0.5) is 23.2 Å². The summed E-state index contributed by atoms with van der Waals surface area (Å²) in [6, 6.07) is 8.28. The van der Waals surface area contributed by atoms with Gasteiger partial charge >= 0.3 is 6.18 Å². The Morgan fingerprint density at radius 3 is 2.38 bits per heavy atom. The highest BCUT2D eigenvalue weighted by Crippen LogP contribution is 2.32. The number of halogens is 5. The molecule has 0 fully saturated rings. The van der Waals surface area contributed by atoms with Gasteiger partial charge in [0.15, 0.2) is 0 Å². The Balaban J connectivity index is 2.31. The van der Waals surface area contributed by atoms with E-state index in [0.717, 1.165) is 6.07 Å². The zero-order valence-electron chi connectivity index (χ0n) is 10.3. The molecule has 7 heteroatoms. The Labute approximate surface area is 122 Å². The zero-order chi connectivity index (χ0) is 15.6. The van der Waals surface area contributed by atoms with E-state index in [9.17, 15) is 22.4 Å². The number of benzene rings is 2. The number of nitrogens with one attached hydrogen (secondary N) is 1. The van der Waals surface area contributed by atoms with Crippen LogP contribution in [-0.2, 0) is 6.18 Å². The Kier molecular flexibility index (Phi) is 4.18. The molecule has 21 heavy (non-hydrogen) atoms. The normalized spacial score (nSPS) is 11.3. The van der Waals surface area contributed by atoms with Crippen molar-refractivity contribution >= 4 is 23.2 Å². The SMILES string of the molecule is O=C(Nc1ccccc1Cl)c1ccc(F)c(C(F)(F)F)c1. The fraction of sp³-hybridized carbons (Fsp3) is 0.0714. The van der Waals surface area contributed by atoms with Gasteiger partial charge in [0.2, 0.25) is 0 Å². The summed E-state index contributed by atoms with van der Waals surface area (Å²) >= 11 is 5.83. The molecule has 0 heterocycles. The van der Waals surface area contributed by atoms with Crippen molar-refractivity contribution in [2.45, 2.75) is 6.18 Å². The number of rotatable bonds is 2. The fourth-order valence-corrected chi connectivity index (χ4v) is 1.82. The Morgan fingerprint density at radius 2 is 1.76 bits per heavy atom. The second-order valence-corrected chi connectivity index (χ2v) is 4.53. The number of para-hydroxylation sites is 1. The van der Waals surface area contributed by atoms with E-state index < -0.39 is 23.5 Å². The number of alkyl halides is 3. The summed E-state index contributed by atoms with van der Waals surface area (Å²) in [7, 11) is 0. The average molecular weight is 318 g/mol. The molecule has 0 aliphatic heterocycles. The third-order valence-electron chi connectivity index (χ3n) is 2.66. The molecule has 2 nitrogen and oxygen atoms in total. The summed E-state index contributed by atoms with van der Waals surface area (Å²) in [5.41, 5.74) is -1.56. The van der Waals surface area contributed by atoms with Crippen LogP contribution in [0.2, 0.25) is 5.02 Å². The predicted molar refractivity (Wildman–Crippen MR) is 70.8 cm³/mol. The zero-order valence-corrected chi connectivity index (χ0v) is 11.1. The number of amides is 1. The maximum absolute atomic E-state index is 13.1. The first kappa shape index (κ1) is 15.3. The topological polar surface area (TPSA) is 29.1 Å². The lowest BCUT2D eigenvalue weighted by Gasteiger charge is -2.11. The summed E-state index contributed by atoms with van der Waals surface area (Å²) in [5, 5.41) is 2.60. The molecule has 0 aliphatic carbocycles. The Morgan fingerprint density at radius 1 is 1.10 bits per heavy atom. The van der Waals surface area contributed by atoms with Gasteiger partial charge in [0.05, 0.1) is 16.3 Å². The average Bonchev–Trinajstić information content (AvgIpc) is 2.40. The molecule has 110 valence electrons. The molecule has 0 aromatic heterocycles. The summed E-state index contributed by atoms with van der Waals surface area (Å²) in [5.74, 6) is -2.25. The van der Waals surface area contributed by atoms with Crippen LogP contribution in [0.15, 0.2) is 42.5 Å². The monoisotopic (exact) mass is 317 g/mol. The molecule has 0 unspecified atom stereocenters. The minimum Gasteiger partial charge on any atom is -0.321 e. The number of carbonyl (C=O) groups excluding carboxylic acids is 1. The summed E-state index contributed by atoms with van der Waals surface area (Å²) in [6.07, 6.45) is -4.87. The summed E-state index contributed by atoms with van der Waals surface area (Å²) < 4.78 is 50.9. The lowest BCUT2D eigenvalue weighted by atomic mass is 10.1. The van der Waals surface area contributed by atoms with Crippen molar-refractivity contribution in [3.05, 3.63) is 64.4 Å². The van der Waals surface area contributed by atoms with Crippen LogP contribution >= 0.6 is 11.6 Å². The molecule has 2 rings (SSSR count). The highest BCUT2D eigenvalue weighted by Gasteiger charge is 2.34. The van der Waals surface area contributed by atoms with E-state index in [4.69, 9.17) is 11.6 Å². The van der Waals surface area contributed by atoms with Crippen molar-refractivity contribution in [3.8, 4) is 0 Å². The van der Waals surface area contributed by atoms with Crippen LogP contribution in [-0.4, -0.2) is 5.91 Å².